The van der Waals surface area contributed by atoms with Crippen molar-refractivity contribution in [3.8, 4) is 0 Å². The zero-order chi connectivity index (χ0) is 10.8. The molecule has 15 heavy (non-hydrogen) atoms. The Labute approximate surface area is 87.8 Å². The van der Waals surface area contributed by atoms with Crippen LogP contribution in [-0.4, -0.2) is 23.1 Å². The third-order valence-corrected chi connectivity index (χ3v) is 2.36. The number of hydrogen-bond acceptors (Lipinski definition) is 3. The van der Waals surface area contributed by atoms with Crippen molar-refractivity contribution in [1.29, 1.82) is 0 Å². The second-order valence-electron chi connectivity index (χ2n) is 3.49. The number of benzene rings is 1. The number of hydrogen-bond donors (Lipinski definition) is 2. The lowest BCUT2D eigenvalue weighted by molar-refractivity contribution is 0.0697. The summed E-state index contributed by atoms with van der Waals surface area (Å²) in [6, 6.07) is 7.02. The molecule has 78 valence electrons. The molecule has 4 nitrogen and oxygen atoms in total. The number of aromatic carboxylic acids is 1. The molecule has 1 aliphatic rings. The van der Waals surface area contributed by atoms with E-state index < -0.39 is 5.97 Å². The van der Waals surface area contributed by atoms with Crippen molar-refractivity contribution in [2.45, 2.75) is 6.04 Å². The minimum Gasteiger partial charge on any atom is -0.478 e. The van der Waals surface area contributed by atoms with Crippen molar-refractivity contribution in [2.24, 2.45) is 0 Å². The molecule has 1 aliphatic heterocycles. The smallest absolute Gasteiger partial charge is 0.335 e. The summed E-state index contributed by atoms with van der Waals surface area (Å²) in [5.41, 5.74) is 4.56. The predicted molar refractivity (Wildman–Crippen MR) is 56.2 cm³/mol. The minimum atomic E-state index is -0.895. The van der Waals surface area contributed by atoms with E-state index in [2.05, 4.69) is 5.43 Å². The van der Waals surface area contributed by atoms with Crippen molar-refractivity contribution in [1.82, 2.24) is 10.4 Å². The van der Waals surface area contributed by atoms with Gasteiger partial charge >= 0.3 is 5.97 Å². The van der Waals surface area contributed by atoms with Gasteiger partial charge in [0.1, 0.15) is 0 Å². The molecule has 1 unspecified atom stereocenters. The fourth-order valence-corrected chi connectivity index (χ4v) is 1.54. The number of carboxylic acid groups (broad SMARTS) is 1. The molecule has 0 spiro atoms. The molecular weight excluding hydrogens is 192 g/mol. The topological polar surface area (TPSA) is 52.6 Å². The fraction of sp³-hybridized carbons (Fsp3) is 0.182. The average Bonchev–Trinajstić information content (AvgIpc) is 2.65. The second kappa shape index (κ2) is 3.74. The predicted octanol–water partition coefficient (Wildman–Crippen LogP) is 1.39. The first-order valence-electron chi connectivity index (χ1n) is 4.67. The van der Waals surface area contributed by atoms with Crippen molar-refractivity contribution in [3.63, 3.8) is 0 Å². The van der Waals surface area contributed by atoms with Crippen LogP contribution in [0.1, 0.15) is 22.0 Å². The molecule has 0 aromatic heterocycles. The summed E-state index contributed by atoms with van der Waals surface area (Å²) in [6.45, 7) is 0. The number of rotatable bonds is 2. The highest BCUT2D eigenvalue weighted by atomic mass is 16.4. The molecular formula is C11H12N2O2. The average molecular weight is 204 g/mol. The molecule has 2 N–H and O–H groups in total. The summed E-state index contributed by atoms with van der Waals surface area (Å²) in [5.74, 6) is -0.895. The first-order chi connectivity index (χ1) is 7.16. The van der Waals surface area contributed by atoms with E-state index in [1.54, 1.807) is 12.1 Å². The van der Waals surface area contributed by atoms with E-state index in [0.29, 0.717) is 5.56 Å². The summed E-state index contributed by atoms with van der Waals surface area (Å²) < 4.78 is 0. The lowest BCUT2D eigenvalue weighted by Gasteiger charge is -2.14. The molecule has 0 saturated carbocycles. The van der Waals surface area contributed by atoms with Gasteiger partial charge < -0.3 is 10.1 Å². The Morgan fingerprint density at radius 2 is 2.07 bits per heavy atom. The quantitative estimate of drug-likeness (QED) is 0.764. The fourth-order valence-electron chi connectivity index (χ4n) is 1.54. The van der Waals surface area contributed by atoms with Gasteiger partial charge in [-0.15, -0.1) is 0 Å². The monoisotopic (exact) mass is 204 g/mol. The lowest BCUT2D eigenvalue weighted by atomic mass is 10.1. The Hall–Kier alpha value is -1.81. The van der Waals surface area contributed by atoms with Crippen LogP contribution in [0.4, 0.5) is 0 Å². The van der Waals surface area contributed by atoms with E-state index in [4.69, 9.17) is 5.11 Å². The number of hydrazine groups is 1. The summed E-state index contributed by atoms with van der Waals surface area (Å²) >= 11 is 0. The molecule has 0 saturated heterocycles. The van der Waals surface area contributed by atoms with Gasteiger partial charge in [-0.3, -0.25) is 0 Å². The van der Waals surface area contributed by atoms with Gasteiger partial charge in [0.15, 0.2) is 0 Å². The van der Waals surface area contributed by atoms with Crippen LogP contribution in [0.5, 0.6) is 0 Å². The highest BCUT2D eigenvalue weighted by molar-refractivity contribution is 5.87. The van der Waals surface area contributed by atoms with E-state index >= 15 is 0 Å². The molecule has 0 bridgehead atoms. The van der Waals surface area contributed by atoms with Crippen molar-refractivity contribution in [2.75, 3.05) is 7.05 Å². The highest BCUT2D eigenvalue weighted by Gasteiger charge is 2.14. The zero-order valence-electron chi connectivity index (χ0n) is 8.34. The summed E-state index contributed by atoms with van der Waals surface area (Å²) in [5, 5.41) is 10.6. The van der Waals surface area contributed by atoms with Crippen LogP contribution in [0.2, 0.25) is 0 Å². The van der Waals surface area contributed by atoms with Crippen LogP contribution < -0.4 is 5.43 Å². The lowest BCUT2D eigenvalue weighted by Crippen LogP contribution is -2.26. The van der Waals surface area contributed by atoms with E-state index in [1.807, 2.05) is 36.5 Å². The third kappa shape index (κ3) is 1.99. The van der Waals surface area contributed by atoms with Gasteiger partial charge in [-0.05, 0) is 23.8 Å². The normalized spacial score (nSPS) is 19.5. The molecule has 1 heterocycles. The van der Waals surface area contributed by atoms with Gasteiger partial charge in [-0.25, -0.2) is 10.2 Å². The van der Waals surface area contributed by atoms with Gasteiger partial charge in [0.25, 0.3) is 0 Å². The summed E-state index contributed by atoms with van der Waals surface area (Å²) in [4.78, 5) is 10.6. The molecule has 1 atom stereocenters. The number of carboxylic acids is 1. The van der Waals surface area contributed by atoms with Crippen LogP contribution in [0.15, 0.2) is 36.5 Å². The Morgan fingerprint density at radius 1 is 1.40 bits per heavy atom. The maximum atomic E-state index is 10.6. The van der Waals surface area contributed by atoms with Gasteiger partial charge in [0, 0.05) is 13.2 Å². The van der Waals surface area contributed by atoms with Crippen molar-refractivity contribution < 1.29 is 9.90 Å². The Kier molecular flexibility index (Phi) is 2.43. The minimum absolute atomic E-state index is 0.137. The maximum absolute atomic E-state index is 10.6. The van der Waals surface area contributed by atoms with Crippen molar-refractivity contribution in [3.05, 3.63) is 47.7 Å². The highest BCUT2D eigenvalue weighted by Crippen LogP contribution is 2.19. The molecule has 0 amide bonds. The molecule has 0 fully saturated rings. The van der Waals surface area contributed by atoms with Crippen LogP contribution in [0, 0.1) is 0 Å². The van der Waals surface area contributed by atoms with Gasteiger partial charge in [-0.2, -0.15) is 0 Å². The number of nitrogens with zero attached hydrogens (tertiary/aromatic N) is 1. The molecule has 1 aromatic rings. The molecule has 0 radical (unpaired) electrons. The van der Waals surface area contributed by atoms with Gasteiger partial charge in [-0.1, -0.05) is 12.1 Å². The van der Waals surface area contributed by atoms with Crippen LogP contribution in [0.3, 0.4) is 0 Å². The molecule has 1 aromatic carbocycles. The van der Waals surface area contributed by atoms with E-state index in [0.717, 1.165) is 5.56 Å². The number of nitrogens with one attached hydrogen (secondary N) is 1. The van der Waals surface area contributed by atoms with E-state index in [9.17, 15) is 4.79 Å². The van der Waals surface area contributed by atoms with Crippen LogP contribution >= 0.6 is 0 Å². The van der Waals surface area contributed by atoms with E-state index in [1.165, 1.54) is 0 Å². The molecule has 0 aliphatic carbocycles. The largest absolute Gasteiger partial charge is 0.478 e. The van der Waals surface area contributed by atoms with E-state index in [-0.39, 0.29) is 6.04 Å². The van der Waals surface area contributed by atoms with Crippen molar-refractivity contribution >= 4 is 5.97 Å². The Bertz CT molecular complexity index is 398. The van der Waals surface area contributed by atoms with Gasteiger partial charge in [0.2, 0.25) is 0 Å². The first kappa shape index (κ1) is 9.73. The summed E-state index contributed by atoms with van der Waals surface area (Å²) in [7, 11) is 1.92. The third-order valence-electron chi connectivity index (χ3n) is 2.36. The second-order valence-corrected chi connectivity index (χ2v) is 3.49. The first-order valence-corrected chi connectivity index (χ1v) is 4.67. The SMILES string of the molecule is CN1C=CC(c2ccc(C(=O)O)cc2)N1. The molecule has 4 heteroatoms. The Balaban J connectivity index is 2.17. The van der Waals surface area contributed by atoms with Crippen LogP contribution in [-0.2, 0) is 0 Å². The number of carbonyl (C=O) groups is 1. The van der Waals surface area contributed by atoms with Gasteiger partial charge in [0.05, 0.1) is 11.6 Å². The molecule has 2 rings (SSSR count). The van der Waals surface area contributed by atoms with Crippen LogP contribution in [0.25, 0.3) is 0 Å². The maximum Gasteiger partial charge on any atom is 0.335 e. The zero-order valence-corrected chi connectivity index (χ0v) is 8.34. The Morgan fingerprint density at radius 3 is 2.53 bits per heavy atom. The summed E-state index contributed by atoms with van der Waals surface area (Å²) in [6.07, 6.45) is 3.96. The standard InChI is InChI=1S/C11H12N2O2/c1-13-7-6-10(12-13)8-2-4-9(5-3-8)11(14)15/h2-7,10,12H,1H3,(H,14,15).